The lowest BCUT2D eigenvalue weighted by Crippen LogP contribution is -2.40. The van der Waals surface area contributed by atoms with Gasteiger partial charge in [0.15, 0.2) is 0 Å². The van der Waals surface area contributed by atoms with Gasteiger partial charge < -0.3 is 11.1 Å². The molecule has 0 aliphatic carbocycles. The van der Waals surface area contributed by atoms with Crippen LogP contribution < -0.4 is 22.3 Å². The van der Waals surface area contributed by atoms with Gasteiger partial charge in [0.25, 0.3) is 5.56 Å². The van der Waals surface area contributed by atoms with Crippen LogP contribution in [0.25, 0.3) is 0 Å². The van der Waals surface area contributed by atoms with Crippen molar-refractivity contribution in [2.75, 3.05) is 11.1 Å². The normalized spacial score (nSPS) is 10.6. The van der Waals surface area contributed by atoms with Crippen molar-refractivity contribution >= 4 is 11.5 Å². The summed E-state index contributed by atoms with van der Waals surface area (Å²) in [4.78, 5) is 24.2. The van der Waals surface area contributed by atoms with Crippen molar-refractivity contribution in [2.24, 2.45) is 7.05 Å². The maximum atomic E-state index is 12.2. The predicted octanol–water partition coefficient (Wildman–Crippen LogP) is 1.15. The van der Waals surface area contributed by atoms with Crippen LogP contribution in [-0.2, 0) is 20.1 Å². The van der Waals surface area contributed by atoms with Crippen molar-refractivity contribution in [1.82, 2.24) is 9.13 Å². The van der Waals surface area contributed by atoms with Gasteiger partial charge in [-0.3, -0.25) is 13.9 Å². The van der Waals surface area contributed by atoms with Crippen molar-refractivity contribution in [3.05, 3.63) is 56.7 Å². The third kappa shape index (κ3) is 2.99. The van der Waals surface area contributed by atoms with Crippen LogP contribution in [0.5, 0.6) is 0 Å². The maximum Gasteiger partial charge on any atom is 0.332 e. The molecule has 0 saturated heterocycles. The molecule has 0 radical (unpaired) electrons. The highest BCUT2D eigenvalue weighted by Gasteiger charge is 2.14. The molecule has 0 spiro atoms. The third-order valence-corrected chi connectivity index (χ3v) is 3.34. The summed E-state index contributed by atoms with van der Waals surface area (Å²) in [5.74, 6) is 0.195. The van der Waals surface area contributed by atoms with Crippen LogP contribution in [-0.4, -0.2) is 9.13 Å². The second-order valence-corrected chi connectivity index (χ2v) is 4.90. The molecule has 2 rings (SSSR count). The second kappa shape index (κ2) is 6.30. The highest BCUT2D eigenvalue weighted by Crippen LogP contribution is 2.12. The van der Waals surface area contributed by atoms with Crippen molar-refractivity contribution in [3.8, 4) is 0 Å². The number of hydrogen-bond donors (Lipinski definition) is 2. The van der Waals surface area contributed by atoms with Gasteiger partial charge in [0, 0.05) is 20.1 Å². The average Bonchev–Trinajstić information content (AvgIpc) is 2.50. The summed E-state index contributed by atoms with van der Waals surface area (Å²) >= 11 is 0. The number of nitrogen functional groups attached to an aromatic ring is 1. The van der Waals surface area contributed by atoms with Gasteiger partial charge >= 0.3 is 5.69 Å². The van der Waals surface area contributed by atoms with E-state index in [0.29, 0.717) is 13.1 Å². The van der Waals surface area contributed by atoms with Crippen molar-refractivity contribution in [1.29, 1.82) is 0 Å². The van der Waals surface area contributed by atoms with Crippen LogP contribution in [0.3, 0.4) is 0 Å². The van der Waals surface area contributed by atoms with E-state index in [0.717, 1.165) is 16.6 Å². The smallest absolute Gasteiger partial charge is 0.332 e. The fourth-order valence-electron chi connectivity index (χ4n) is 2.18. The maximum absolute atomic E-state index is 12.2. The quantitative estimate of drug-likeness (QED) is 0.864. The third-order valence-electron chi connectivity index (χ3n) is 3.34. The molecular weight excluding hydrogens is 268 g/mol. The Morgan fingerprint density at radius 3 is 2.48 bits per heavy atom. The molecule has 2 aromatic rings. The standard InChI is InChI=1S/C15H20N4O2/c1-3-9-19-13(16)12(14(20)18(2)15(19)21)17-10-11-7-5-4-6-8-11/h4-8,17H,3,9-10,16H2,1-2H3. The Labute approximate surface area is 122 Å². The van der Waals surface area contributed by atoms with Crippen molar-refractivity contribution < 1.29 is 0 Å². The lowest BCUT2D eigenvalue weighted by atomic mass is 10.2. The lowest BCUT2D eigenvalue weighted by Gasteiger charge is -2.15. The molecule has 0 aliphatic heterocycles. The van der Waals surface area contributed by atoms with Crippen molar-refractivity contribution in [3.63, 3.8) is 0 Å². The van der Waals surface area contributed by atoms with E-state index < -0.39 is 5.56 Å². The molecule has 6 heteroatoms. The van der Waals surface area contributed by atoms with E-state index in [1.165, 1.54) is 11.6 Å². The molecule has 0 atom stereocenters. The van der Waals surface area contributed by atoms with E-state index in [9.17, 15) is 9.59 Å². The SMILES string of the molecule is CCCn1c(N)c(NCc2ccccc2)c(=O)n(C)c1=O. The number of nitrogens with one attached hydrogen (secondary N) is 1. The van der Waals surface area contributed by atoms with Crippen LogP contribution in [0.1, 0.15) is 18.9 Å². The minimum absolute atomic E-state index is 0.195. The van der Waals surface area contributed by atoms with Crippen LogP contribution in [0.15, 0.2) is 39.9 Å². The molecular formula is C15H20N4O2. The first-order chi connectivity index (χ1) is 10.1. The van der Waals surface area contributed by atoms with Gasteiger partial charge in [0.2, 0.25) is 0 Å². The molecule has 1 heterocycles. The Kier molecular flexibility index (Phi) is 4.47. The van der Waals surface area contributed by atoms with Gasteiger partial charge in [-0.1, -0.05) is 37.3 Å². The predicted molar refractivity (Wildman–Crippen MR) is 84.4 cm³/mol. The Morgan fingerprint density at radius 1 is 1.19 bits per heavy atom. The summed E-state index contributed by atoms with van der Waals surface area (Å²) in [6.45, 7) is 2.91. The first kappa shape index (κ1) is 14.9. The van der Waals surface area contributed by atoms with Crippen LogP contribution in [0.4, 0.5) is 11.5 Å². The largest absolute Gasteiger partial charge is 0.383 e. The van der Waals surface area contributed by atoms with E-state index >= 15 is 0 Å². The molecule has 1 aromatic heterocycles. The first-order valence-corrected chi connectivity index (χ1v) is 6.93. The summed E-state index contributed by atoms with van der Waals surface area (Å²) in [5.41, 5.74) is 6.51. The van der Waals surface area contributed by atoms with Gasteiger partial charge in [-0.25, -0.2) is 4.79 Å². The zero-order chi connectivity index (χ0) is 15.4. The molecule has 3 N–H and O–H groups in total. The topological polar surface area (TPSA) is 82.0 Å². The molecule has 21 heavy (non-hydrogen) atoms. The summed E-state index contributed by atoms with van der Waals surface area (Å²) in [5, 5.41) is 3.05. The first-order valence-electron chi connectivity index (χ1n) is 6.93. The van der Waals surface area contributed by atoms with Gasteiger partial charge in [-0.15, -0.1) is 0 Å². The van der Waals surface area contributed by atoms with Gasteiger partial charge in [0.1, 0.15) is 11.5 Å². The minimum atomic E-state index is -0.402. The van der Waals surface area contributed by atoms with E-state index in [1.54, 1.807) is 0 Å². The van der Waals surface area contributed by atoms with Crippen LogP contribution in [0.2, 0.25) is 0 Å². The number of rotatable bonds is 5. The Bertz CT molecular complexity index is 732. The molecule has 112 valence electrons. The molecule has 0 unspecified atom stereocenters. The number of nitrogens with zero attached hydrogens (tertiary/aromatic N) is 2. The lowest BCUT2D eigenvalue weighted by molar-refractivity contribution is 0.600. The zero-order valence-corrected chi connectivity index (χ0v) is 12.3. The van der Waals surface area contributed by atoms with E-state index in [1.807, 2.05) is 37.3 Å². The molecule has 6 nitrogen and oxygen atoms in total. The summed E-state index contributed by atoms with van der Waals surface area (Å²) in [6.07, 6.45) is 0.764. The number of aromatic nitrogens is 2. The number of benzene rings is 1. The van der Waals surface area contributed by atoms with E-state index in [2.05, 4.69) is 5.32 Å². The fourth-order valence-corrected chi connectivity index (χ4v) is 2.18. The van der Waals surface area contributed by atoms with E-state index in [-0.39, 0.29) is 17.2 Å². The van der Waals surface area contributed by atoms with Crippen LogP contribution in [0, 0.1) is 0 Å². The molecule has 1 aromatic carbocycles. The zero-order valence-electron chi connectivity index (χ0n) is 12.3. The molecule has 0 fully saturated rings. The fraction of sp³-hybridized carbons (Fsp3) is 0.333. The van der Waals surface area contributed by atoms with Crippen molar-refractivity contribution in [2.45, 2.75) is 26.4 Å². The monoisotopic (exact) mass is 288 g/mol. The molecule has 0 saturated carbocycles. The minimum Gasteiger partial charge on any atom is -0.383 e. The number of anilines is 2. The highest BCUT2D eigenvalue weighted by molar-refractivity contribution is 5.60. The van der Waals surface area contributed by atoms with E-state index in [4.69, 9.17) is 5.73 Å². The van der Waals surface area contributed by atoms with Crippen LogP contribution >= 0.6 is 0 Å². The Morgan fingerprint density at radius 2 is 1.86 bits per heavy atom. The Balaban J connectivity index is 2.39. The number of nitrogens with two attached hydrogens (primary N) is 1. The second-order valence-electron chi connectivity index (χ2n) is 4.90. The van der Waals surface area contributed by atoms with Gasteiger partial charge in [0.05, 0.1) is 0 Å². The van der Waals surface area contributed by atoms with Gasteiger partial charge in [-0.05, 0) is 12.0 Å². The average molecular weight is 288 g/mol. The molecule has 0 amide bonds. The molecule has 0 aliphatic rings. The summed E-state index contributed by atoms with van der Waals surface area (Å²) < 4.78 is 2.51. The van der Waals surface area contributed by atoms with Gasteiger partial charge in [-0.2, -0.15) is 0 Å². The molecule has 0 bridgehead atoms. The Hall–Kier alpha value is -2.50. The summed E-state index contributed by atoms with van der Waals surface area (Å²) in [6, 6.07) is 9.69. The number of hydrogen-bond acceptors (Lipinski definition) is 4. The summed E-state index contributed by atoms with van der Waals surface area (Å²) in [7, 11) is 1.46. The highest BCUT2D eigenvalue weighted by atomic mass is 16.2.